The van der Waals surface area contributed by atoms with Crippen molar-refractivity contribution < 1.29 is 9.53 Å². The number of para-hydroxylation sites is 1. The maximum absolute atomic E-state index is 12.4. The van der Waals surface area contributed by atoms with E-state index in [4.69, 9.17) is 10.6 Å². The quantitative estimate of drug-likeness (QED) is 0.437. The molecule has 0 spiro atoms. The summed E-state index contributed by atoms with van der Waals surface area (Å²) in [4.78, 5) is 12.4. The minimum atomic E-state index is -0.0984. The summed E-state index contributed by atoms with van der Waals surface area (Å²) in [6, 6.07) is 13.7. The van der Waals surface area contributed by atoms with Crippen molar-refractivity contribution in [1.29, 1.82) is 0 Å². The Hall–Kier alpha value is -3.00. The van der Waals surface area contributed by atoms with Gasteiger partial charge in [0.25, 0.3) is 0 Å². The number of methoxy groups -OCH3 is 1. The van der Waals surface area contributed by atoms with Crippen molar-refractivity contribution in [2.45, 2.75) is 31.8 Å². The topological polar surface area (TPSA) is 95.1 Å². The van der Waals surface area contributed by atoms with Gasteiger partial charge in [-0.3, -0.25) is 4.79 Å². The number of nitrogens with one attached hydrogen (secondary N) is 1. The summed E-state index contributed by atoms with van der Waals surface area (Å²) in [5, 5.41) is 11.8. The van der Waals surface area contributed by atoms with E-state index in [-0.39, 0.29) is 11.7 Å². The fourth-order valence-corrected chi connectivity index (χ4v) is 3.64. The lowest BCUT2D eigenvalue weighted by molar-refractivity contribution is -0.113. The number of nitrogens with zero attached hydrogens (tertiary/aromatic N) is 3. The van der Waals surface area contributed by atoms with Gasteiger partial charge in [-0.15, -0.1) is 10.2 Å². The third-order valence-corrected chi connectivity index (χ3v) is 5.54. The van der Waals surface area contributed by atoms with E-state index in [0.717, 1.165) is 34.5 Å². The molecule has 1 heterocycles. The molecule has 0 fully saturated rings. The molecule has 0 unspecified atom stereocenters. The average molecular weight is 412 g/mol. The van der Waals surface area contributed by atoms with E-state index >= 15 is 0 Å². The number of amides is 1. The minimum absolute atomic E-state index is 0.0984. The van der Waals surface area contributed by atoms with E-state index < -0.39 is 0 Å². The fraction of sp³-hybridized carbons (Fsp3) is 0.286. The molecule has 0 saturated heterocycles. The number of benzene rings is 2. The van der Waals surface area contributed by atoms with Crippen LogP contribution in [0.2, 0.25) is 0 Å². The molecule has 0 aliphatic rings. The highest BCUT2D eigenvalue weighted by Crippen LogP contribution is 2.22. The molecule has 0 aliphatic heterocycles. The number of carbonyl (C=O) groups is 1. The first kappa shape index (κ1) is 20.7. The van der Waals surface area contributed by atoms with Gasteiger partial charge in [-0.25, -0.2) is 4.68 Å². The summed E-state index contributed by atoms with van der Waals surface area (Å²) < 4.78 is 6.60. The van der Waals surface area contributed by atoms with E-state index in [1.807, 2.05) is 49.4 Å². The number of ether oxygens (including phenoxy) is 1. The zero-order valence-corrected chi connectivity index (χ0v) is 17.6. The molecule has 1 amide bonds. The molecule has 152 valence electrons. The second-order valence-electron chi connectivity index (χ2n) is 6.59. The standard InChI is InChI=1S/C21H25N5O2S/c1-4-16-7-5-6-14(2)20(16)23-19(27)13-29-21-25-24-18(26(21)22)12-15-8-10-17(28-3)11-9-15/h5-11H,4,12-13,22H2,1-3H3,(H,23,27). The molecule has 0 saturated carbocycles. The predicted octanol–water partition coefficient (Wildman–Crippen LogP) is 3.19. The number of hydrogen-bond donors (Lipinski definition) is 2. The Morgan fingerprint density at radius 3 is 2.66 bits per heavy atom. The van der Waals surface area contributed by atoms with Crippen molar-refractivity contribution in [2.75, 3.05) is 24.0 Å². The van der Waals surface area contributed by atoms with Gasteiger partial charge in [0, 0.05) is 12.1 Å². The van der Waals surface area contributed by atoms with Crippen molar-refractivity contribution in [3.8, 4) is 5.75 Å². The monoisotopic (exact) mass is 411 g/mol. The second-order valence-corrected chi connectivity index (χ2v) is 7.54. The van der Waals surface area contributed by atoms with E-state index in [2.05, 4.69) is 22.4 Å². The lowest BCUT2D eigenvalue weighted by Crippen LogP contribution is -2.18. The summed E-state index contributed by atoms with van der Waals surface area (Å²) >= 11 is 1.26. The molecule has 7 nitrogen and oxygen atoms in total. The molecular formula is C21H25N5O2S. The minimum Gasteiger partial charge on any atom is -0.497 e. The first-order valence-corrected chi connectivity index (χ1v) is 10.3. The number of anilines is 1. The highest BCUT2D eigenvalue weighted by molar-refractivity contribution is 7.99. The molecule has 29 heavy (non-hydrogen) atoms. The maximum atomic E-state index is 12.4. The largest absolute Gasteiger partial charge is 0.497 e. The average Bonchev–Trinajstić information content (AvgIpc) is 3.08. The highest BCUT2D eigenvalue weighted by atomic mass is 32.2. The summed E-state index contributed by atoms with van der Waals surface area (Å²) in [7, 11) is 1.63. The summed E-state index contributed by atoms with van der Waals surface area (Å²) in [5.41, 5.74) is 4.10. The van der Waals surface area contributed by atoms with Crippen LogP contribution in [0.25, 0.3) is 0 Å². The number of carbonyl (C=O) groups excluding carboxylic acids is 1. The van der Waals surface area contributed by atoms with Crippen LogP contribution in [0.5, 0.6) is 5.75 Å². The van der Waals surface area contributed by atoms with E-state index in [1.165, 1.54) is 16.4 Å². The van der Waals surface area contributed by atoms with Gasteiger partial charge in [-0.05, 0) is 42.2 Å². The molecule has 3 rings (SSSR count). The SMILES string of the molecule is CCc1cccc(C)c1NC(=O)CSc1nnc(Cc2ccc(OC)cc2)n1N. The zero-order chi connectivity index (χ0) is 20.8. The zero-order valence-electron chi connectivity index (χ0n) is 16.8. The Morgan fingerprint density at radius 1 is 1.21 bits per heavy atom. The van der Waals surface area contributed by atoms with Crippen LogP contribution in [0.3, 0.4) is 0 Å². The number of nitrogen functional groups attached to an aromatic ring is 1. The molecule has 0 bridgehead atoms. The maximum Gasteiger partial charge on any atom is 0.234 e. The van der Waals surface area contributed by atoms with Crippen molar-refractivity contribution in [2.24, 2.45) is 0 Å². The normalized spacial score (nSPS) is 10.7. The third kappa shape index (κ3) is 5.08. The molecular weight excluding hydrogens is 386 g/mol. The van der Waals surface area contributed by atoms with Gasteiger partial charge in [0.1, 0.15) is 5.75 Å². The smallest absolute Gasteiger partial charge is 0.234 e. The second kappa shape index (κ2) is 9.47. The van der Waals surface area contributed by atoms with Gasteiger partial charge in [0.05, 0.1) is 12.9 Å². The van der Waals surface area contributed by atoms with Crippen molar-refractivity contribution >= 4 is 23.4 Å². The van der Waals surface area contributed by atoms with Crippen LogP contribution in [0, 0.1) is 6.92 Å². The van der Waals surface area contributed by atoms with Crippen LogP contribution >= 0.6 is 11.8 Å². The van der Waals surface area contributed by atoms with Crippen LogP contribution in [0.4, 0.5) is 5.69 Å². The number of nitrogens with two attached hydrogens (primary N) is 1. The van der Waals surface area contributed by atoms with Gasteiger partial charge in [0.2, 0.25) is 11.1 Å². The van der Waals surface area contributed by atoms with Gasteiger partial charge >= 0.3 is 0 Å². The first-order chi connectivity index (χ1) is 14.0. The molecule has 0 radical (unpaired) electrons. The van der Waals surface area contributed by atoms with E-state index in [0.29, 0.717) is 17.4 Å². The van der Waals surface area contributed by atoms with Crippen LogP contribution in [0.1, 0.15) is 29.4 Å². The Bertz CT molecular complexity index is 985. The van der Waals surface area contributed by atoms with Crippen LogP contribution in [-0.2, 0) is 17.6 Å². The Kier molecular flexibility index (Phi) is 6.77. The Balaban J connectivity index is 1.61. The summed E-state index contributed by atoms with van der Waals surface area (Å²) in [5.74, 6) is 7.66. The molecule has 3 N–H and O–H groups in total. The molecule has 8 heteroatoms. The summed E-state index contributed by atoms with van der Waals surface area (Å²) in [6.45, 7) is 4.06. The lowest BCUT2D eigenvalue weighted by Gasteiger charge is -2.12. The molecule has 3 aromatic rings. The predicted molar refractivity (Wildman–Crippen MR) is 116 cm³/mol. The van der Waals surface area contributed by atoms with Gasteiger partial charge in [0.15, 0.2) is 5.82 Å². The van der Waals surface area contributed by atoms with Crippen molar-refractivity contribution in [3.05, 3.63) is 65.0 Å². The van der Waals surface area contributed by atoms with Crippen molar-refractivity contribution in [3.63, 3.8) is 0 Å². The van der Waals surface area contributed by atoms with Crippen LogP contribution < -0.4 is 15.9 Å². The molecule has 1 aromatic heterocycles. The fourth-order valence-electron chi connectivity index (χ4n) is 2.96. The summed E-state index contributed by atoms with van der Waals surface area (Å²) in [6.07, 6.45) is 1.40. The third-order valence-electron chi connectivity index (χ3n) is 4.59. The van der Waals surface area contributed by atoms with Gasteiger partial charge in [-0.2, -0.15) is 0 Å². The number of aromatic nitrogens is 3. The lowest BCUT2D eigenvalue weighted by atomic mass is 10.1. The molecule has 0 atom stereocenters. The number of thioether (sulfide) groups is 1. The number of aryl methyl sites for hydroxylation is 2. The van der Waals surface area contributed by atoms with E-state index in [9.17, 15) is 4.79 Å². The van der Waals surface area contributed by atoms with Crippen LogP contribution in [0.15, 0.2) is 47.6 Å². The Morgan fingerprint density at radius 2 is 1.97 bits per heavy atom. The first-order valence-electron chi connectivity index (χ1n) is 9.35. The number of rotatable bonds is 8. The van der Waals surface area contributed by atoms with E-state index in [1.54, 1.807) is 7.11 Å². The molecule has 0 aliphatic carbocycles. The van der Waals surface area contributed by atoms with Crippen molar-refractivity contribution in [1.82, 2.24) is 14.9 Å². The Labute approximate surface area is 174 Å². The van der Waals surface area contributed by atoms with Crippen LogP contribution in [-0.4, -0.2) is 33.6 Å². The van der Waals surface area contributed by atoms with Gasteiger partial charge in [-0.1, -0.05) is 49.0 Å². The highest BCUT2D eigenvalue weighted by Gasteiger charge is 2.14. The van der Waals surface area contributed by atoms with Gasteiger partial charge < -0.3 is 15.9 Å². The molecule has 2 aromatic carbocycles. The number of hydrogen-bond acceptors (Lipinski definition) is 6.